The van der Waals surface area contributed by atoms with Crippen LogP contribution in [0.2, 0.25) is 0 Å². The van der Waals surface area contributed by atoms with Crippen molar-refractivity contribution in [2.75, 3.05) is 25.8 Å². The molecule has 0 aromatic heterocycles. The number of carbonyl (C=O) groups is 1. The lowest BCUT2D eigenvalue weighted by molar-refractivity contribution is 0.00558. The second kappa shape index (κ2) is 6.09. The number of hydrogen-bond acceptors (Lipinski definition) is 3. The average Bonchev–Trinajstić information content (AvgIpc) is 2.19. The van der Waals surface area contributed by atoms with Gasteiger partial charge in [0.2, 0.25) is 0 Å². The number of carbonyl (C=O) groups excluding carboxylic acids is 1. The molecule has 0 aromatic carbocycles. The van der Waals surface area contributed by atoms with E-state index in [1.807, 2.05) is 6.92 Å². The van der Waals surface area contributed by atoms with E-state index in [4.69, 9.17) is 21.1 Å². The molecule has 1 amide bonds. The molecule has 1 fully saturated rings. The summed E-state index contributed by atoms with van der Waals surface area (Å²) in [5.41, 5.74) is 0. The van der Waals surface area contributed by atoms with E-state index in [0.717, 1.165) is 19.4 Å². The number of ether oxygens (including phenoxy) is 2. The molecule has 1 heterocycles. The topological polar surface area (TPSA) is 38.8 Å². The molecule has 82 valence electrons. The third kappa shape index (κ3) is 3.35. The van der Waals surface area contributed by atoms with Crippen molar-refractivity contribution in [2.24, 2.45) is 0 Å². The first-order valence-electron chi connectivity index (χ1n) is 4.87. The molecule has 0 aromatic rings. The highest BCUT2D eigenvalue weighted by molar-refractivity contribution is 6.17. The molecule has 0 saturated carbocycles. The fourth-order valence-electron chi connectivity index (χ4n) is 1.61. The third-order valence-electron chi connectivity index (χ3n) is 2.22. The number of rotatable bonds is 3. The van der Waals surface area contributed by atoms with E-state index in [9.17, 15) is 4.79 Å². The van der Waals surface area contributed by atoms with Crippen LogP contribution in [0.1, 0.15) is 19.8 Å². The minimum Gasteiger partial charge on any atom is -0.433 e. The lowest BCUT2D eigenvalue weighted by Crippen LogP contribution is -2.43. The lowest BCUT2D eigenvalue weighted by atomic mass is 10.1. The summed E-state index contributed by atoms with van der Waals surface area (Å²) in [6.07, 6.45) is 1.78. The maximum absolute atomic E-state index is 11.3. The van der Waals surface area contributed by atoms with E-state index in [2.05, 4.69) is 0 Å². The highest BCUT2D eigenvalue weighted by atomic mass is 35.5. The van der Waals surface area contributed by atoms with E-state index in [1.54, 1.807) is 4.90 Å². The van der Waals surface area contributed by atoms with E-state index >= 15 is 0 Å². The van der Waals surface area contributed by atoms with Gasteiger partial charge in [-0.25, -0.2) is 4.79 Å². The molecule has 0 spiro atoms. The first-order chi connectivity index (χ1) is 6.77. The first-order valence-corrected chi connectivity index (χ1v) is 5.40. The van der Waals surface area contributed by atoms with Crippen LogP contribution in [-0.4, -0.2) is 42.9 Å². The summed E-state index contributed by atoms with van der Waals surface area (Å²) < 4.78 is 10.2. The molecule has 1 atom stereocenters. The molecule has 5 heteroatoms. The lowest BCUT2D eigenvalue weighted by Gasteiger charge is -2.31. The summed E-state index contributed by atoms with van der Waals surface area (Å²) in [7, 11) is 0. The van der Waals surface area contributed by atoms with Crippen LogP contribution in [0, 0.1) is 0 Å². The normalized spacial score (nSPS) is 22.1. The Labute approximate surface area is 89.1 Å². The Hall–Kier alpha value is -0.480. The van der Waals surface area contributed by atoms with E-state index in [1.165, 1.54) is 0 Å². The minimum atomic E-state index is -0.343. The summed E-state index contributed by atoms with van der Waals surface area (Å²) in [5, 5.41) is 0. The monoisotopic (exact) mass is 221 g/mol. The van der Waals surface area contributed by atoms with Gasteiger partial charge in [0.25, 0.3) is 0 Å². The van der Waals surface area contributed by atoms with Gasteiger partial charge < -0.3 is 14.4 Å². The SMILES string of the molecule is CCOC1CCCN(C(=O)OCCl)C1. The first kappa shape index (κ1) is 11.6. The van der Waals surface area contributed by atoms with Crippen LogP contribution in [0.4, 0.5) is 4.79 Å². The van der Waals surface area contributed by atoms with Gasteiger partial charge in [0.15, 0.2) is 6.07 Å². The van der Waals surface area contributed by atoms with Crippen molar-refractivity contribution >= 4 is 17.7 Å². The standard InChI is InChI=1S/C9H16ClNO3/c1-2-13-8-4-3-5-11(6-8)9(12)14-7-10/h8H,2-7H2,1H3. The Balaban J connectivity index is 2.35. The van der Waals surface area contributed by atoms with E-state index in [0.29, 0.717) is 13.2 Å². The average molecular weight is 222 g/mol. The highest BCUT2D eigenvalue weighted by Crippen LogP contribution is 2.14. The summed E-state index contributed by atoms with van der Waals surface area (Å²) in [6, 6.07) is -0.0887. The Bertz CT molecular complexity index is 187. The molecule has 1 unspecified atom stereocenters. The van der Waals surface area contributed by atoms with E-state index < -0.39 is 0 Å². The van der Waals surface area contributed by atoms with Crippen LogP contribution >= 0.6 is 11.6 Å². The largest absolute Gasteiger partial charge is 0.433 e. The third-order valence-corrected chi connectivity index (χ3v) is 2.33. The molecule has 14 heavy (non-hydrogen) atoms. The second-order valence-corrected chi connectivity index (χ2v) is 3.40. The van der Waals surface area contributed by atoms with Gasteiger partial charge in [0.1, 0.15) is 0 Å². The van der Waals surface area contributed by atoms with Gasteiger partial charge in [-0.3, -0.25) is 0 Å². The van der Waals surface area contributed by atoms with Crippen molar-refractivity contribution in [2.45, 2.75) is 25.9 Å². The maximum atomic E-state index is 11.3. The zero-order chi connectivity index (χ0) is 10.4. The van der Waals surface area contributed by atoms with Gasteiger partial charge in [-0.15, -0.1) is 0 Å². The Kier molecular flexibility index (Phi) is 5.04. The Morgan fingerprint density at radius 3 is 3.07 bits per heavy atom. The van der Waals surface area contributed by atoms with Crippen molar-refractivity contribution < 1.29 is 14.3 Å². The molecule has 1 saturated heterocycles. The van der Waals surface area contributed by atoms with Crippen molar-refractivity contribution in [3.8, 4) is 0 Å². The van der Waals surface area contributed by atoms with Crippen molar-refractivity contribution in [1.82, 2.24) is 4.90 Å². The summed E-state index contributed by atoms with van der Waals surface area (Å²) in [4.78, 5) is 13.0. The van der Waals surface area contributed by atoms with Crippen LogP contribution in [0.25, 0.3) is 0 Å². The quantitative estimate of drug-likeness (QED) is 0.683. The number of hydrogen-bond donors (Lipinski definition) is 0. The number of alkyl halides is 1. The predicted molar refractivity (Wildman–Crippen MR) is 53.4 cm³/mol. The highest BCUT2D eigenvalue weighted by Gasteiger charge is 2.24. The molecular weight excluding hydrogens is 206 g/mol. The van der Waals surface area contributed by atoms with Crippen molar-refractivity contribution in [1.29, 1.82) is 0 Å². The van der Waals surface area contributed by atoms with Crippen LogP contribution < -0.4 is 0 Å². The summed E-state index contributed by atoms with van der Waals surface area (Å²) in [6.45, 7) is 3.99. The molecule has 0 radical (unpaired) electrons. The molecule has 1 aliphatic rings. The zero-order valence-electron chi connectivity index (χ0n) is 8.37. The second-order valence-electron chi connectivity index (χ2n) is 3.18. The van der Waals surface area contributed by atoms with Gasteiger partial charge in [-0.1, -0.05) is 11.6 Å². The fraction of sp³-hybridized carbons (Fsp3) is 0.889. The van der Waals surface area contributed by atoms with Gasteiger partial charge in [0.05, 0.1) is 12.6 Å². The maximum Gasteiger partial charge on any atom is 0.411 e. The van der Waals surface area contributed by atoms with Gasteiger partial charge in [-0.05, 0) is 19.8 Å². The Morgan fingerprint density at radius 1 is 1.64 bits per heavy atom. The molecule has 0 N–H and O–H groups in total. The zero-order valence-corrected chi connectivity index (χ0v) is 9.13. The van der Waals surface area contributed by atoms with Crippen molar-refractivity contribution in [3.63, 3.8) is 0 Å². The van der Waals surface area contributed by atoms with Crippen LogP contribution in [0.15, 0.2) is 0 Å². The van der Waals surface area contributed by atoms with Crippen LogP contribution in [0.5, 0.6) is 0 Å². The Morgan fingerprint density at radius 2 is 2.43 bits per heavy atom. The minimum absolute atomic E-state index is 0.0887. The van der Waals surface area contributed by atoms with Crippen LogP contribution in [-0.2, 0) is 9.47 Å². The fourth-order valence-corrected chi connectivity index (χ4v) is 1.71. The molecule has 0 bridgehead atoms. The summed E-state index contributed by atoms with van der Waals surface area (Å²) >= 11 is 5.31. The molecule has 1 rings (SSSR count). The van der Waals surface area contributed by atoms with Gasteiger partial charge in [-0.2, -0.15) is 0 Å². The number of nitrogens with zero attached hydrogens (tertiary/aromatic N) is 1. The molecule has 0 aliphatic carbocycles. The van der Waals surface area contributed by atoms with Gasteiger partial charge in [0, 0.05) is 13.2 Å². The number of amides is 1. The molecule has 4 nitrogen and oxygen atoms in total. The van der Waals surface area contributed by atoms with Crippen molar-refractivity contribution in [3.05, 3.63) is 0 Å². The predicted octanol–water partition coefficient (Wildman–Crippen LogP) is 1.82. The molecule has 1 aliphatic heterocycles. The van der Waals surface area contributed by atoms with E-state index in [-0.39, 0.29) is 18.3 Å². The number of piperidine rings is 1. The summed E-state index contributed by atoms with van der Waals surface area (Å²) in [5.74, 6) is 0. The number of halogens is 1. The smallest absolute Gasteiger partial charge is 0.411 e. The number of likely N-dealkylation sites (tertiary alicyclic amines) is 1. The van der Waals surface area contributed by atoms with Crippen LogP contribution in [0.3, 0.4) is 0 Å². The molecular formula is C9H16ClNO3. The van der Waals surface area contributed by atoms with Gasteiger partial charge >= 0.3 is 6.09 Å².